The van der Waals surface area contributed by atoms with Crippen molar-refractivity contribution in [1.82, 2.24) is 0 Å². The van der Waals surface area contributed by atoms with Gasteiger partial charge in [-0.25, -0.2) is 0 Å². The smallest absolute Gasteiger partial charge is 0.165 e. The molecule has 0 saturated carbocycles. The fourth-order valence-electron chi connectivity index (χ4n) is 1.95. The number of benzene rings is 1. The van der Waals surface area contributed by atoms with Crippen LogP contribution >= 0.6 is 23.2 Å². The number of aliphatic hydroxyl groups is 1. The van der Waals surface area contributed by atoms with Crippen molar-refractivity contribution in [3.8, 4) is 0 Å². The fourth-order valence-corrected chi connectivity index (χ4v) is 2.27. The number of Topliss-reactive ketones (excluding diaryl/α,β-unsaturated/α-hetero) is 1. The molecule has 0 radical (unpaired) electrons. The fraction of sp³-hybridized carbons (Fsp3) is 0.500. The predicted octanol–water partition coefficient (Wildman–Crippen LogP) is 3.90. The number of carbonyl (C=O) groups excluding carboxylic acids is 1. The summed E-state index contributed by atoms with van der Waals surface area (Å²) in [5, 5.41) is 10.8. The molecule has 0 heterocycles. The summed E-state index contributed by atoms with van der Waals surface area (Å²) in [7, 11) is 0. The highest BCUT2D eigenvalue weighted by atomic mass is 35.5. The summed E-state index contributed by atoms with van der Waals surface area (Å²) in [5.74, 6) is -0.137. The molecule has 1 unspecified atom stereocenters. The molecule has 0 aliphatic rings. The summed E-state index contributed by atoms with van der Waals surface area (Å²) >= 11 is 11.7. The van der Waals surface area contributed by atoms with Crippen LogP contribution in [-0.2, 0) is 11.2 Å². The minimum Gasteiger partial charge on any atom is -0.385 e. The van der Waals surface area contributed by atoms with Crippen LogP contribution in [0.2, 0.25) is 10.0 Å². The maximum absolute atomic E-state index is 11.9. The Kier molecular flexibility index (Phi) is 6.13. The zero-order valence-electron chi connectivity index (χ0n) is 10.6. The third-order valence-corrected chi connectivity index (χ3v) is 3.93. The Morgan fingerprint density at radius 2 is 1.83 bits per heavy atom. The van der Waals surface area contributed by atoms with Crippen molar-refractivity contribution in [3.05, 3.63) is 33.8 Å². The molecule has 0 aromatic heterocycles. The lowest BCUT2D eigenvalue weighted by molar-refractivity contribution is -0.129. The van der Waals surface area contributed by atoms with Crippen molar-refractivity contribution in [2.75, 3.05) is 0 Å². The van der Waals surface area contributed by atoms with Crippen molar-refractivity contribution in [3.63, 3.8) is 0 Å². The van der Waals surface area contributed by atoms with Crippen molar-refractivity contribution < 1.29 is 9.90 Å². The molecule has 4 heteroatoms. The van der Waals surface area contributed by atoms with E-state index in [4.69, 9.17) is 23.2 Å². The van der Waals surface area contributed by atoms with Crippen LogP contribution in [0.15, 0.2) is 18.2 Å². The summed E-state index contributed by atoms with van der Waals surface area (Å²) < 4.78 is 0. The summed E-state index contributed by atoms with van der Waals surface area (Å²) in [6, 6.07) is 5.09. The molecule has 0 amide bonds. The van der Waals surface area contributed by atoms with E-state index in [1.807, 2.05) is 13.8 Å². The van der Waals surface area contributed by atoms with Gasteiger partial charge in [0.2, 0.25) is 0 Å². The molecule has 1 atom stereocenters. The molecule has 0 saturated heterocycles. The van der Waals surface area contributed by atoms with E-state index >= 15 is 0 Å². The number of hydrogen-bond donors (Lipinski definition) is 1. The van der Waals surface area contributed by atoms with Crippen LogP contribution in [0, 0.1) is 5.92 Å². The second-order valence-electron chi connectivity index (χ2n) is 4.41. The molecule has 100 valence electrons. The first-order valence-electron chi connectivity index (χ1n) is 6.14. The maximum Gasteiger partial charge on any atom is 0.165 e. The third-order valence-electron chi connectivity index (χ3n) is 3.19. The average Bonchev–Trinajstić information content (AvgIpc) is 2.35. The van der Waals surface area contributed by atoms with Crippen molar-refractivity contribution in [2.45, 2.75) is 39.2 Å². The molecule has 0 aliphatic carbocycles. The lowest BCUT2D eigenvalue weighted by Gasteiger charge is -2.18. The third kappa shape index (κ3) is 3.98. The number of halogens is 2. The van der Waals surface area contributed by atoms with Crippen LogP contribution in [0.4, 0.5) is 0 Å². The van der Waals surface area contributed by atoms with E-state index < -0.39 is 6.10 Å². The van der Waals surface area contributed by atoms with Gasteiger partial charge in [-0.2, -0.15) is 0 Å². The summed E-state index contributed by atoms with van der Waals surface area (Å²) in [6.45, 7) is 3.95. The lowest BCUT2D eigenvalue weighted by atomic mass is 9.91. The van der Waals surface area contributed by atoms with E-state index in [2.05, 4.69) is 0 Å². The second kappa shape index (κ2) is 7.13. The molecule has 1 aromatic carbocycles. The number of ketones is 1. The monoisotopic (exact) mass is 288 g/mol. The molecular weight excluding hydrogens is 271 g/mol. The van der Waals surface area contributed by atoms with Crippen LogP contribution in [0.3, 0.4) is 0 Å². The first-order valence-corrected chi connectivity index (χ1v) is 6.89. The summed E-state index contributed by atoms with van der Waals surface area (Å²) in [5.41, 5.74) is 0.777. The summed E-state index contributed by atoms with van der Waals surface area (Å²) in [6.07, 6.45) is 0.888. The van der Waals surface area contributed by atoms with Gasteiger partial charge in [-0.1, -0.05) is 56.0 Å². The van der Waals surface area contributed by atoms with Gasteiger partial charge in [-0.3, -0.25) is 4.79 Å². The van der Waals surface area contributed by atoms with Gasteiger partial charge in [-0.15, -0.1) is 0 Å². The molecule has 1 N–H and O–H groups in total. The van der Waals surface area contributed by atoms with E-state index in [1.54, 1.807) is 18.2 Å². The Bertz CT molecular complexity index is 414. The van der Waals surface area contributed by atoms with Crippen molar-refractivity contribution in [1.29, 1.82) is 0 Å². The number of hydrogen-bond acceptors (Lipinski definition) is 2. The Morgan fingerprint density at radius 1 is 1.22 bits per heavy atom. The van der Waals surface area contributed by atoms with Gasteiger partial charge < -0.3 is 5.11 Å². The largest absolute Gasteiger partial charge is 0.385 e. The minimum absolute atomic E-state index is 0.0280. The SMILES string of the molecule is CCC(CC)C(O)C(=O)Cc1ccc(Cl)c(Cl)c1. The Labute approximate surface area is 118 Å². The van der Waals surface area contributed by atoms with Gasteiger partial charge in [0, 0.05) is 6.42 Å². The molecule has 0 aliphatic heterocycles. The van der Waals surface area contributed by atoms with Crippen LogP contribution in [0.25, 0.3) is 0 Å². The Hall–Kier alpha value is -0.570. The van der Waals surface area contributed by atoms with Crippen LogP contribution in [0.1, 0.15) is 32.3 Å². The molecular formula is C14H18Cl2O2. The highest BCUT2D eigenvalue weighted by Gasteiger charge is 2.23. The molecule has 0 spiro atoms. The van der Waals surface area contributed by atoms with E-state index in [0.717, 1.165) is 18.4 Å². The number of aliphatic hydroxyl groups excluding tert-OH is 1. The van der Waals surface area contributed by atoms with Gasteiger partial charge in [0.1, 0.15) is 6.10 Å². The van der Waals surface area contributed by atoms with Gasteiger partial charge in [-0.05, 0) is 23.6 Å². The standard InChI is InChI=1S/C14H18Cl2O2/c1-3-10(4-2)14(18)13(17)8-9-5-6-11(15)12(16)7-9/h5-7,10,14,18H,3-4,8H2,1-2H3. The van der Waals surface area contributed by atoms with Gasteiger partial charge in [0.25, 0.3) is 0 Å². The number of carbonyl (C=O) groups is 1. The average molecular weight is 289 g/mol. The van der Waals surface area contributed by atoms with Gasteiger partial charge >= 0.3 is 0 Å². The highest BCUT2D eigenvalue weighted by molar-refractivity contribution is 6.42. The molecule has 2 nitrogen and oxygen atoms in total. The van der Waals surface area contributed by atoms with Crippen LogP contribution in [0.5, 0.6) is 0 Å². The first-order chi connectivity index (χ1) is 8.49. The molecule has 1 rings (SSSR count). The maximum atomic E-state index is 11.9. The van der Waals surface area contributed by atoms with Crippen LogP contribution in [-0.4, -0.2) is 17.0 Å². The molecule has 1 aromatic rings. The summed E-state index contributed by atoms with van der Waals surface area (Å²) in [4.78, 5) is 11.9. The van der Waals surface area contributed by atoms with Gasteiger partial charge in [0.05, 0.1) is 10.0 Å². The van der Waals surface area contributed by atoms with E-state index in [9.17, 15) is 9.90 Å². The zero-order valence-corrected chi connectivity index (χ0v) is 12.1. The van der Waals surface area contributed by atoms with Crippen molar-refractivity contribution >= 4 is 29.0 Å². The predicted molar refractivity (Wildman–Crippen MR) is 75.3 cm³/mol. The first kappa shape index (κ1) is 15.5. The minimum atomic E-state index is -0.894. The van der Waals surface area contributed by atoms with Gasteiger partial charge in [0.15, 0.2) is 5.78 Å². The van der Waals surface area contributed by atoms with E-state index in [1.165, 1.54) is 0 Å². The Morgan fingerprint density at radius 3 is 2.33 bits per heavy atom. The van der Waals surface area contributed by atoms with Crippen LogP contribution < -0.4 is 0 Å². The quantitative estimate of drug-likeness (QED) is 0.862. The molecule has 0 bridgehead atoms. The normalized spacial score (nSPS) is 12.8. The molecule has 18 heavy (non-hydrogen) atoms. The van der Waals surface area contributed by atoms with Crippen molar-refractivity contribution in [2.24, 2.45) is 5.92 Å². The lowest BCUT2D eigenvalue weighted by Crippen LogP contribution is -2.30. The van der Waals surface area contributed by atoms with E-state index in [0.29, 0.717) is 10.0 Å². The molecule has 0 fully saturated rings. The topological polar surface area (TPSA) is 37.3 Å². The zero-order chi connectivity index (χ0) is 13.7. The Balaban J connectivity index is 2.72. The van der Waals surface area contributed by atoms with E-state index in [-0.39, 0.29) is 18.1 Å². The highest BCUT2D eigenvalue weighted by Crippen LogP contribution is 2.23. The second-order valence-corrected chi connectivity index (χ2v) is 5.23. The number of rotatable bonds is 6.